The zero-order valence-electron chi connectivity index (χ0n) is 11.9. The zero-order chi connectivity index (χ0) is 15.8. The van der Waals surface area contributed by atoms with Gasteiger partial charge in [-0.1, -0.05) is 37.6 Å². The van der Waals surface area contributed by atoms with Gasteiger partial charge in [0, 0.05) is 11.6 Å². The molecule has 3 N–H and O–H groups in total. The van der Waals surface area contributed by atoms with E-state index in [0.29, 0.717) is 11.6 Å². The molecule has 1 rings (SSSR count). The van der Waals surface area contributed by atoms with Crippen molar-refractivity contribution in [3.05, 3.63) is 34.9 Å². The van der Waals surface area contributed by atoms with Crippen LogP contribution < -0.4 is 16.2 Å². The van der Waals surface area contributed by atoms with E-state index in [1.807, 2.05) is 13.8 Å². The van der Waals surface area contributed by atoms with Crippen LogP contribution in [-0.4, -0.2) is 24.3 Å². The summed E-state index contributed by atoms with van der Waals surface area (Å²) in [6.45, 7) is 4.21. The van der Waals surface area contributed by atoms with Gasteiger partial charge in [0.05, 0.1) is 6.42 Å². The molecule has 0 radical (unpaired) electrons. The second kappa shape index (κ2) is 8.26. The Morgan fingerprint density at radius 2 is 1.67 bits per heavy atom. The van der Waals surface area contributed by atoms with Crippen LogP contribution in [-0.2, 0) is 20.8 Å². The van der Waals surface area contributed by atoms with E-state index >= 15 is 0 Å². The van der Waals surface area contributed by atoms with Gasteiger partial charge in [-0.25, -0.2) is 0 Å². The van der Waals surface area contributed by atoms with Gasteiger partial charge in [0.2, 0.25) is 5.91 Å². The lowest BCUT2D eigenvalue weighted by Gasteiger charge is -2.09. The summed E-state index contributed by atoms with van der Waals surface area (Å²) in [6, 6.07) is 6.75. The maximum absolute atomic E-state index is 11.6. The van der Waals surface area contributed by atoms with Crippen LogP contribution in [0.4, 0.5) is 0 Å². The van der Waals surface area contributed by atoms with Gasteiger partial charge in [-0.15, -0.1) is 0 Å². The molecule has 21 heavy (non-hydrogen) atoms. The molecule has 114 valence electrons. The van der Waals surface area contributed by atoms with Crippen LogP contribution >= 0.6 is 11.6 Å². The maximum atomic E-state index is 11.6. The highest BCUT2D eigenvalue weighted by molar-refractivity contribution is 6.35. The molecule has 0 saturated heterocycles. The molecule has 3 amide bonds. The molecule has 1 aromatic carbocycles. The molecule has 0 atom stereocenters. The fourth-order valence-corrected chi connectivity index (χ4v) is 1.52. The largest absolute Gasteiger partial charge is 0.348 e. The summed E-state index contributed by atoms with van der Waals surface area (Å²) in [4.78, 5) is 34.4. The molecular formula is C14H18ClN3O3. The molecule has 0 bridgehead atoms. The summed E-state index contributed by atoms with van der Waals surface area (Å²) in [7, 11) is 0. The highest BCUT2D eigenvalue weighted by Crippen LogP contribution is 2.09. The van der Waals surface area contributed by atoms with Crippen LogP contribution in [0.1, 0.15) is 19.4 Å². The Labute approximate surface area is 128 Å². The second-order valence-corrected chi connectivity index (χ2v) is 5.35. The Balaban J connectivity index is 2.33. The molecule has 0 aliphatic heterocycles. The lowest BCUT2D eigenvalue weighted by molar-refractivity contribution is -0.140. The molecule has 0 aromatic heterocycles. The van der Waals surface area contributed by atoms with E-state index in [0.717, 1.165) is 5.56 Å². The number of benzene rings is 1. The molecule has 0 spiro atoms. The van der Waals surface area contributed by atoms with Gasteiger partial charge in [0.15, 0.2) is 0 Å². The summed E-state index contributed by atoms with van der Waals surface area (Å²) in [5, 5.41) is 3.02. The van der Waals surface area contributed by atoms with Crippen molar-refractivity contribution in [2.75, 3.05) is 6.54 Å². The first-order valence-electron chi connectivity index (χ1n) is 6.50. The van der Waals surface area contributed by atoms with Crippen molar-refractivity contribution in [3.63, 3.8) is 0 Å². The Kier molecular flexibility index (Phi) is 6.68. The SMILES string of the molecule is CC(C)CNC(=O)C(=O)NNC(=O)Cc1ccc(Cl)cc1. The van der Waals surface area contributed by atoms with E-state index < -0.39 is 17.7 Å². The minimum absolute atomic E-state index is 0.0745. The number of hydrogen-bond donors (Lipinski definition) is 3. The number of carbonyl (C=O) groups is 3. The van der Waals surface area contributed by atoms with Gasteiger partial charge in [0.25, 0.3) is 0 Å². The average molecular weight is 312 g/mol. The van der Waals surface area contributed by atoms with E-state index in [1.165, 1.54) is 0 Å². The fourth-order valence-electron chi connectivity index (χ4n) is 1.39. The molecule has 0 fully saturated rings. The fraction of sp³-hybridized carbons (Fsp3) is 0.357. The number of halogens is 1. The highest BCUT2D eigenvalue weighted by atomic mass is 35.5. The van der Waals surface area contributed by atoms with Gasteiger partial charge in [0.1, 0.15) is 0 Å². The molecule has 0 saturated carbocycles. The number of carbonyl (C=O) groups excluding carboxylic acids is 3. The minimum Gasteiger partial charge on any atom is -0.348 e. The van der Waals surface area contributed by atoms with Crippen LogP contribution in [0.5, 0.6) is 0 Å². The van der Waals surface area contributed by atoms with E-state index in [4.69, 9.17) is 11.6 Å². The lowest BCUT2D eigenvalue weighted by Crippen LogP contribution is -2.49. The van der Waals surface area contributed by atoms with Crippen molar-refractivity contribution in [1.82, 2.24) is 16.2 Å². The van der Waals surface area contributed by atoms with Crippen molar-refractivity contribution >= 4 is 29.3 Å². The average Bonchev–Trinajstić information content (AvgIpc) is 2.44. The summed E-state index contributed by atoms with van der Waals surface area (Å²) >= 11 is 5.74. The number of rotatable bonds is 4. The summed E-state index contributed by atoms with van der Waals surface area (Å²) in [5.74, 6) is -1.88. The third kappa shape index (κ3) is 6.76. The molecule has 7 heteroatoms. The lowest BCUT2D eigenvalue weighted by atomic mass is 10.1. The summed E-state index contributed by atoms with van der Waals surface area (Å²) in [6.07, 6.45) is 0.0745. The van der Waals surface area contributed by atoms with Gasteiger partial charge in [-0.2, -0.15) is 0 Å². The molecule has 0 unspecified atom stereocenters. The Hall–Kier alpha value is -2.08. The topological polar surface area (TPSA) is 87.3 Å². The van der Waals surface area contributed by atoms with Gasteiger partial charge in [-0.3, -0.25) is 25.2 Å². The maximum Gasteiger partial charge on any atom is 0.327 e. The smallest absolute Gasteiger partial charge is 0.327 e. The number of hydrazine groups is 1. The highest BCUT2D eigenvalue weighted by Gasteiger charge is 2.14. The normalized spacial score (nSPS) is 10.1. The third-order valence-electron chi connectivity index (χ3n) is 2.47. The Morgan fingerprint density at radius 3 is 2.24 bits per heavy atom. The molecule has 1 aromatic rings. The zero-order valence-corrected chi connectivity index (χ0v) is 12.7. The first kappa shape index (κ1) is 17.0. The summed E-state index contributed by atoms with van der Waals surface area (Å²) in [5.41, 5.74) is 4.99. The van der Waals surface area contributed by atoms with Crippen LogP contribution in [0.25, 0.3) is 0 Å². The van der Waals surface area contributed by atoms with Gasteiger partial charge < -0.3 is 5.32 Å². The monoisotopic (exact) mass is 311 g/mol. The summed E-state index contributed by atoms with van der Waals surface area (Å²) < 4.78 is 0. The van der Waals surface area contributed by atoms with E-state index in [2.05, 4.69) is 16.2 Å². The van der Waals surface area contributed by atoms with Crippen molar-refractivity contribution in [1.29, 1.82) is 0 Å². The standard InChI is InChI=1S/C14H18ClN3O3/c1-9(2)8-16-13(20)14(21)18-17-12(19)7-10-3-5-11(15)6-4-10/h3-6,9H,7-8H2,1-2H3,(H,16,20)(H,17,19)(H,18,21). The Bertz CT molecular complexity index is 515. The van der Waals surface area contributed by atoms with Crippen LogP contribution in [0, 0.1) is 5.92 Å². The molecule has 0 heterocycles. The first-order chi connectivity index (χ1) is 9.88. The predicted octanol–water partition coefficient (Wildman–Crippen LogP) is 0.802. The van der Waals surface area contributed by atoms with Crippen LogP contribution in [0.2, 0.25) is 5.02 Å². The second-order valence-electron chi connectivity index (χ2n) is 4.91. The van der Waals surface area contributed by atoms with E-state index in [1.54, 1.807) is 24.3 Å². The van der Waals surface area contributed by atoms with E-state index in [-0.39, 0.29) is 12.3 Å². The van der Waals surface area contributed by atoms with Crippen LogP contribution in [0.3, 0.4) is 0 Å². The van der Waals surface area contributed by atoms with Gasteiger partial charge >= 0.3 is 11.8 Å². The quantitative estimate of drug-likeness (QED) is 0.568. The van der Waals surface area contributed by atoms with Crippen molar-refractivity contribution in [2.24, 2.45) is 5.92 Å². The van der Waals surface area contributed by atoms with Crippen molar-refractivity contribution in [2.45, 2.75) is 20.3 Å². The Morgan fingerprint density at radius 1 is 1.05 bits per heavy atom. The molecule has 0 aliphatic carbocycles. The molecule has 0 aliphatic rings. The number of hydrogen-bond acceptors (Lipinski definition) is 3. The van der Waals surface area contributed by atoms with Crippen molar-refractivity contribution < 1.29 is 14.4 Å². The minimum atomic E-state index is -0.903. The predicted molar refractivity (Wildman–Crippen MR) is 79.3 cm³/mol. The van der Waals surface area contributed by atoms with Crippen molar-refractivity contribution in [3.8, 4) is 0 Å². The number of nitrogens with one attached hydrogen (secondary N) is 3. The molecular weight excluding hydrogens is 294 g/mol. The third-order valence-corrected chi connectivity index (χ3v) is 2.72. The van der Waals surface area contributed by atoms with Crippen LogP contribution in [0.15, 0.2) is 24.3 Å². The van der Waals surface area contributed by atoms with Gasteiger partial charge in [-0.05, 0) is 23.6 Å². The number of amides is 3. The first-order valence-corrected chi connectivity index (χ1v) is 6.87. The van der Waals surface area contributed by atoms with E-state index in [9.17, 15) is 14.4 Å². The molecule has 6 nitrogen and oxygen atoms in total.